The van der Waals surface area contributed by atoms with Crippen molar-refractivity contribution in [1.82, 2.24) is 4.72 Å². The first-order chi connectivity index (χ1) is 9.98. The summed E-state index contributed by atoms with van der Waals surface area (Å²) in [6.07, 6.45) is 0. The summed E-state index contributed by atoms with van der Waals surface area (Å²) < 4.78 is 26.4. The summed E-state index contributed by atoms with van der Waals surface area (Å²) in [7, 11) is -3.48. The molecule has 0 aliphatic rings. The number of hydrogen-bond acceptors (Lipinski definition) is 4. The highest BCUT2D eigenvalue weighted by atomic mass is 32.2. The van der Waals surface area contributed by atoms with Crippen LogP contribution in [0.15, 0.2) is 48.5 Å². The zero-order valence-electron chi connectivity index (χ0n) is 11.2. The molecule has 0 unspecified atom stereocenters. The van der Waals surface area contributed by atoms with Crippen molar-refractivity contribution in [1.29, 1.82) is 5.26 Å². The maximum atomic E-state index is 12.0. The Kier molecular flexibility index (Phi) is 4.58. The molecule has 0 bridgehead atoms. The van der Waals surface area contributed by atoms with Crippen molar-refractivity contribution in [2.45, 2.75) is 12.3 Å². The van der Waals surface area contributed by atoms with Crippen molar-refractivity contribution in [3.05, 3.63) is 65.2 Å². The van der Waals surface area contributed by atoms with Gasteiger partial charge >= 0.3 is 0 Å². The SMILES string of the molecule is N#Cc1ccc(CS(=O)(=O)NCc2cccc(O)c2)cc1. The van der Waals surface area contributed by atoms with Crippen LogP contribution in [0.4, 0.5) is 0 Å². The molecule has 2 rings (SSSR count). The Morgan fingerprint density at radius 1 is 1.10 bits per heavy atom. The van der Waals surface area contributed by atoms with Gasteiger partial charge in [-0.1, -0.05) is 24.3 Å². The van der Waals surface area contributed by atoms with Gasteiger partial charge < -0.3 is 5.11 Å². The number of rotatable bonds is 5. The number of phenols is 1. The molecule has 5 nitrogen and oxygen atoms in total. The zero-order valence-corrected chi connectivity index (χ0v) is 12.0. The van der Waals surface area contributed by atoms with Crippen LogP contribution in [0, 0.1) is 11.3 Å². The van der Waals surface area contributed by atoms with E-state index >= 15 is 0 Å². The molecule has 0 amide bonds. The average molecular weight is 302 g/mol. The minimum absolute atomic E-state index is 0.0961. The quantitative estimate of drug-likeness (QED) is 0.882. The number of nitriles is 1. The van der Waals surface area contributed by atoms with Crippen molar-refractivity contribution in [2.75, 3.05) is 0 Å². The van der Waals surface area contributed by atoms with Gasteiger partial charge in [0.1, 0.15) is 5.75 Å². The Balaban J connectivity index is 2.00. The van der Waals surface area contributed by atoms with E-state index in [4.69, 9.17) is 5.26 Å². The second kappa shape index (κ2) is 6.39. The second-order valence-electron chi connectivity index (χ2n) is 4.56. The predicted molar refractivity (Wildman–Crippen MR) is 78.7 cm³/mol. The number of nitrogens with one attached hydrogen (secondary N) is 1. The van der Waals surface area contributed by atoms with Crippen LogP contribution in [0.25, 0.3) is 0 Å². The minimum atomic E-state index is -3.48. The summed E-state index contributed by atoms with van der Waals surface area (Å²) in [5.41, 5.74) is 1.78. The first kappa shape index (κ1) is 15.0. The Hall–Kier alpha value is -2.36. The Morgan fingerprint density at radius 3 is 2.43 bits per heavy atom. The van der Waals surface area contributed by atoms with Crippen LogP contribution in [0.5, 0.6) is 5.75 Å². The van der Waals surface area contributed by atoms with Crippen molar-refractivity contribution in [3.63, 3.8) is 0 Å². The molecule has 108 valence electrons. The Morgan fingerprint density at radius 2 is 1.81 bits per heavy atom. The summed E-state index contributed by atoms with van der Waals surface area (Å²) in [4.78, 5) is 0. The van der Waals surface area contributed by atoms with Gasteiger partial charge in [-0.2, -0.15) is 5.26 Å². The number of sulfonamides is 1. The summed E-state index contributed by atoms with van der Waals surface area (Å²) in [6, 6.07) is 14.8. The fraction of sp³-hybridized carbons (Fsp3) is 0.133. The Labute approximate surface area is 123 Å². The van der Waals surface area contributed by atoms with E-state index in [9.17, 15) is 13.5 Å². The molecule has 0 aliphatic heterocycles. The van der Waals surface area contributed by atoms with E-state index in [-0.39, 0.29) is 18.0 Å². The standard InChI is InChI=1S/C15H14N2O3S/c16-9-12-4-6-13(7-5-12)11-21(19,20)17-10-14-2-1-3-15(18)8-14/h1-8,17-18H,10-11H2. The fourth-order valence-electron chi connectivity index (χ4n) is 1.81. The summed E-state index contributed by atoms with van der Waals surface area (Å²) in [6.45, 7) is 0.118. The molecule has 6 heteroatoms. The highest BCUT2D eigenvalue weighted by Crippen LogP contribution is 2.12. The third-order valence-corrected chi connectivity index (χ3v) is 4.14. The molecule has 0 saturated heterocycles. The van der Waals surface area contributed by atoms with Gasteiger partial charge in [-0.25, -0.2) is 13.1 Å². The van der Waals surface area contributed by atoms with Gasteiger partial charge in [-0.3, -0.25) is 0 Å². The van der Waals surface area contributed by atoms with Gasteiger partial charge in [0.15, 0.2) is 0 Å². The highest BCUT2D eigenvalue weighted by molar-refractivity contribution is 7.88. The molecule has 21 heavy (non-hydrogen) atoms. The number of aromatic hydroxyl groups is 1. The molecule has 0 radical (unpaired) electrons. The molecule has 0 fully saturated rings. The number of phenolic OH excluding ortho intramolecular Hbond substituents is 1. The third kappa shape index (κ3) is 4.60. The number of nitrogens with zero attached hydrogens (tertiary/aromatic N) is 1. The lowest BCUT2D eigenvalue weighted by Gasteiger charge is -2.07. The molecule has 0 saturated carbocycles. The molecule has 0 aliphatic carbocycles. The highest BCUT2D eigenvalue weighted by Gasteiger charge is 2.11. The van der Waals surface area contributed by atoms with Gasteiger partial charge in [-0.15, -0.1) is 0 Å². The van der Waals surface area contributed by atoms with Crippen LogP contribution in [0.1, 0.15) is 16.7 Å². The average Bonchev–Trinajstić information content (AvgIpc) is 2.46. The van der Waals surface area contributed by atoms with Gasteiger partial charge in [0.2, 0.25) is 10.0 Å². The first-order valence-electron chi connectivity index (χ1n) is 6.23. The third-order valence-electron chi connectivity index (χ3n) is 2.85. The van der Waals surface area contributed by atoms with Crippen molar-refractivity contribution >= 4 is 10.0 Å². The normalized spacial score (nSPS) is 11.0. The Bertz CT molecular complexity index is 762. The first-order valence-corrected chi connectivity index (χ1v) is 7.88. The monoisotopic (exact) mass is 302 g/mol. The molecule has 0 spiro atoms. The molecular formula is C15H14N2O3S. The molecule has 2 aromatic carbocycles. The van der Waals surface area contributed by atoms with Crippen LogP contribution in [0.2, 0.25) is 0 Å². The number of hydrogen-bond donors (Lipinski definition) is 2. The molecule has 2 N–H and O–H groups in total. The van der Waals surface area contributed by atoms with Gasteiger partial charge in [0, 0.05) is 6.54 Å². The molecule has 2 aromatic rings. The molecular weight excluding hydrogens is 288 g/mol. The maximum Gasteiger partial charge on any atom is 0.216 e. The fourth-order valence-corrected chi connectivity index (χ4v) is 2.93. The van der Waals surface area contributed by atoms with E-state index in [1.807, 2.05) is 6.07 Å². The molecule has 0 aromatic heterocycles. The topological polar surface area (TPSA) is 90.2 Å². The molecule has 0 heterocycles. The van der Waals surface area contributed by atoms with Crippen LogP contribution in [-0.4, -0.2) is 13.5 Å². The van der Waals surface area contributed by atoms with Crippen molar-refractivity contribution < 1.29 is 13.5 Å². The van der Waals surface area contributed by atoms with E-state index in [0.29, 0.717) is 16.7 Å². The molecule has 0 atom stereocenters. The minimum Gasteiger partial charge on any atom is -0.508 e. The van der Waals surface area contributed by atoms with Gasteiger partial charge in [-0.05, 0) is 35.4 Å². The van der Waals surface area contributed by atoms with Crippen LogP contribution in [0.3, 0.4) is 0 Å². The van der Waals surface area contributed by atoms with Crippen molar-refractivity contribution in [3.8, 4) is 11.8 Å². The van der Waals surface area contributed by atoms with E-state index in [1.165, 1.54) is 12.1 Å². The van der Waals surface area contributed by atoms with Crippen LogP contribution >= 0.6 is 0 Å². The predicted octanol–water partition coefficient (Wildman–Crippen LogP) is 1.88. The lowest BCUT2D eigenvalue weighted by molar-refractivity contribution is 0.474. The van der Waals surface area contributed by atoms with Crippen LogP contribution in [-0.2, 0) is 22.3 Å². The van der Waals surface area contributed by atoms with Gasteiger partial charge in [0.05, 0.1) is 17.4 Å². The lowest BCUT2D eigenvalue weighted by Crippen LogP contribution is -2.24. The zero-order chi connectivity index (χ0) is 15.3. The van der Waals surface area contributed by atoms with Crippen LogP contribution < -0.4 is 4.72 Å². The van der Waals surface area contributed by atoms with E-state index in [2.05, 4.69) is 4.72 Å². The van der Waals surface area contributed by atoms with Gasteiger partial charge in [0.25, 0.3) is 0 Å². The van der Waals surface area contributed by atoms with E-state index < -0.39 is 10.0 Å². The van der Waals surface area contributed by atoms with E-state index in [0.717, 1.165) is 0 Å². The maximum absolute atomic E-state index is 12.0. The second-order valence-corrected chi connectivity index (χ2v) is 6.37. The lowest BCUT2D eigenvalue weighted by atomic mass is 10.2. The summed E-state index contributed by atoms with van der Waals surface area (Å²) in [5.74, 6) is -0.0591. The number of benzene rings is 2. The smallest absolute Gasteiger partial charge is 0.216 e. The largest absolute Gasteiger partial charge is 0.508 e. The van der Waals surface area contributed by atoms with E-state index in [1.54, 1.807) is 36.4 Å². The summed E-state index contributed by atoms with van der Waals surface area (Å²) in [5, 5.41) is 18.0. The van der Waals surface area contributed by atoms with Crippen molar-refractivity contribution in [2.24, 2.45) is 0 Å². The summed E-state index contributed by atoms with van der Waals surface area (Å²) >= 11 is 0.